The van der Waals surface area contributed by atoms with Crippen LogP contribution in [0.2, 0.25) is 5.02 Å². The average molecular weight is 282 g/mol. The number of pyridine rings is 1. The minimum Gasteiger partial charge on any atom is -0.382 e. The number of nitrogen functional groups attached to an aromatic ring is 1. The molecule has 0 aliphatic heterocycles. The summed E-state index contributed by atoms with van der Waals surface area (Å²) in [6.45, 7) is 2.94. The van der Waals surface area contributed by atoms with Crippen LogP contribution in [-0.4, -0.2) is 17.4 Å². The fourth-order valence-corrected chi connectivity index (χ4v) is 2.72. The molecule has 0 aromatic carbocycles. The molecular formula is C14H20ClN3O. The highest BCUT2D eigenvalue weighted by atomic mass is 35.5. The van der Waals surface area contributed by atoms with E-state index in [1.807, 2.05) is 0 Å². The summed E-state index contributed by atoms with van der Waals surface area (Å²) in [5.41, 5.74) is 6.20. The smallest absolute Gasteiger partial charge is 0.252 e. The standard InChI is InChI=1S/C14H20ClN3O/c1-14(5-3-2-4-6-14)9-18-13(19)10-7-11(15)12(16)17-8-10/h7-8H,2-6,9H2,1H3,(H2,16,17)(H,18,19). The third-order valence-corrected chi connectivity index (χ3v) is 4.17. The van der Waals surface area contributed by atoms with Gasteiger partial charge in [-0.05, 0) is 24.3 Å². The molecule has 19 heavy (non-hydrogen) atoms. The van der Waals surface area contributed by atoms with Gasteiger partial charge >= 0.3 is 0 Å². The molecule has 0 spiro atoms. The molecule has 104 valence electrons. The van der Waals surface area contributed by atoms with Crippen LogP contribution in [0.25, 0.3) is 0 Å². The zero-order valence-corrected chi connectivity index (χ0v) is 12.0. The van der Waals surface area contributed by atoms with Crippen LogP contribution in [0.1, 0.15) is 49.4 Å². The normalized spacial score (nSPS) is 18.0. The quantitative estimate of drug-likeness (QED) is 0.895. The van der Waals surface area contributed by atoms with Gasteiger partial charge in [0.25, 0.3) is 5.91 Å². The number of carbonyl (C=O) groups excluding carboxylic acids is 1. The summed E-state index contributed by atoms with van der Waals surface area (Å²) < 4.78 is 0. The van der Waals surface area contributed by atoms with Gasteiger partial charge in [0.1, 0.15) is 5.82 Å². The summed E-state index contributed by atoms with van der Waals surface area (Å²) in [4.78, 5) is 15.9. The van der Waals surface area contributed by atoms with E-state index < -0.39 is 0 Å². The molecule has 1 aliphatic carbocycles. The summed E-state index contributed by atoms with van der Waals surface area (Å²) >= 11 is 5.87. The largest absolute Gasteiger partial charge is 0.382 e. The van der Waals surface area contributed by atoms with Crippen molar-refractivity contribution in [2.75, 3.05) is 12.3 Å². The molecule has 5 heteroatoms. The number of amides is 1. The molecular weight excluding hydrogens is 262 g/mol. The lowest BCUT2D eigenvalue weighted by Crippen LogP contribution is -2.37. The second-order valence-electron chi connectivity index (χ2n) is 5.65. The predicted octanol–water partition coefficient (Wildman–Crippen LogP) is 3.02. The van der Waals surface area contributed by atoms with Crippen LogP contribution in [0.3, 0.4) is 0 Å². The lowest BCUT2D eigenvalue weighted by Gasteiger charge is -2.33. The van der Waals surface area contributed by atoms with Gasteiger partial charge in [0.05, 0.1) is 10.6 Å². The summed E-state index contributed by atoms with van der Waals surface area (Å²) in [6.07, 6.45) is 7.62. The molecule has 0 saturated heterocycles. The Morgan fingerprint density at radius 3 is 2.79 bits per heavy atom. The van der Waals surface area contributed by atoms with Gasteiger partial charge in [0, 0.05) is 12.7 Å². The lowest BCUT2D eigenvalue weighted by atomic mass is 9.76. The van der Waals surface area contributed by atoms with E-state index in [-0.39, 0.29) is 17.1 Å². The van der Waals surface area contributed by atoms with Gasteiger partial charge in [-0.1, -0.05) is 37.8 Å². The number of halogens is 1. The second kappa shape index (κ2) is 5.78. The van der Waals surface area contributed by atoms with Gasteiger partial charge in [-0.2, -0.15) is 0 Å². The van der Waals surface area contributed by atoms with Crippen molar-refractivity contribution in [3.63, 3.8) is 0 Å². The van der Waals surface area contributed by atoms with Gasteiger partial charge in [0.15, 0.2) is 0 Å². The van der Waals surface area contributed by atoms with E-state index in [0.29, 0.717) is 17.1 Å². The van der Waals surface area contributed by atoms with Crippen LogP contribution >= 0.6 is 11.6 Å². The van der Waals surface area contributed by atoms with Crippen LogP contribution < -0.4 is 11.1 Å². The summed E-state index contributed by atoms with van der Waals surface area (Å²) in [7, 11) is 0. The Bertz CT molecular complexity index is 470. The maximum absolute atomic E-state index is 12.0. The van der Waals surface area contributed by atoms with Gasteiger partial charge in [0.2, 0.25) is 0 Å². The molecule has 1 heterocycles. The van der Waals surface area contributed by atoms with E-state index in [9.17, 15) is 4.79 Å². The van der Waals surface area contributed by atoms with E-state index in [2.05, 4.69) is 17.2 Å². The minimum absolute atomic E-state index is 0.138. The lowest BCUT2D eigenvalue weighted by molar-refractivity contribution is 0.0919. The van der Waals surface area contributed by atoms with Gasteiger partial charge in [-0.3, -0.25) is 4.79 Å². The van der Waals surface area contributed by atoms with E-state index in [1.165, 1.54) is 38.3 Å². The maximum atomic E-state index is 12.0. The van der Waals surface area contributed by atoms with Crippen LogP contribution in [0.5, 0.6) is 0 Å². The highest BCUT2D eigenvalue weighted by Crippen LogP contribution is 2.34. The zero-order valence-electron chi connectivity index (χ0n) is 11.2. The SMILES string of the molecule is CC1(CNC(=O)c2cnc(N)c(Cl)c2)CCCCC1. The maximum Gasteiger partial charge on any atom is 0.252 e. The Kier molecular flexibility index (Phi) is 4.30. The fourth-order valence-electron chi connectivity index (χ4n) is 2.55. The predicted molar refractivity (Wildman–Crippen MR) is 77.2 cm³/mol. The van der Waals surface area contributed by atoms with Crippen molar-refractivity contribution in [2.45, 2.75) is 39.0 Å². The highest BCUT2D eigenvalue weighted by molar-refractivity contribution is 6.33. The van der Waals surface area contributed by atoms with Crippen LogP contribution in [0.4, 0.5) is 5.82 Å². The Morgan fingerprint density at radius 2 is 2.16 bits per heavy atom. The number of nitrogens with zero attached hydrogens (tertiary/aromatic N) is 1. The first-order valence-corrected chi connectivity index (χ1v) is 7.07. The molecule has 1 amide bonds. The summed E-state index contributed by atoms with van der Waals surface area (Å²) in [5, 5.41) is 3.29. The minimum atomic E-state index is -0.138. The van der Waals surface area contributed by atoms with Crippen molar-refractivity contribution in [3.05, 3.63) is 22.8 Å². The number of nitrogens with two attached hydrogens (primary N) is 1. The number of nitrogens with one attached hydrogen (secondary N) is 1. The van der Waals surface area contributed by atoms with Crippen molar-refractivity contribution >= 4 is 23.3 Å². The van der Waals surface area contributed by atoms with Gasteiger partial charge in [-0.25, -0.2) is 4.98 Å². The zero-order chi connectivity index (χ0) is 13.9. The Hall–Kier alpha value is -1.29. The van der Waals surface area contributed by atoms with Crippen LogP contribution in [-0.2, 0) is 0 Å². The van der Waals surface area contributed by atoms with Crippen molar-refractivity contribution in [3.8, 4) is 0 Å². The third kappa shape index (κ3) is 3.60. The second-order valence-corrected chi connectivity index (χ2v) is 6.05. The number of carbonyl (C=O) groups is 1. The molecule has 4 nitrogen and oxygen atoms in total. The summed E-state index contributed by atoms with van der Waals surface area (Å²) in [5.74, 6) is 0.110. The molecule has 1 aromatic heterocycles. The monoisotopic (exact) mass is 281 g/mol. The van der Waals surface area contributed by atoms with E-state index in [4.69, 9.17) is 17.3 Å². The summed E-state index contributed by atoms with van der Waals surface area (Å²) in [6, 6.07) is 1.56. The van der Waals surface area contributed by atoms with E-state index in [1.54, 1.807) is 6.07 Å². The first-order valence-electron chi connectivity index (χ1n) is 6.69. The van der Waals surface area contributed by atoms with Crippen molar-refractivity contribution in [2.24, 2.45) is 5.41 Å². The Morgan fingerprint density at radius 1 is 1.47 bits per heavy atom. The van der Waals surface area contributed by atoms with E-state index in [0.717, 1.165) is 0 Å². The first-order chi connectivity index (χ1) is 9.00. The van der Waals surface area contributed by atoms with Crippen molar-refractivity contribution in [1.82, 2.24) is 10.3 Å². The fraction of sp³-hybridized carbons (Fsp3) is 0.571. The Balaban J connectivity index is 1.95. The molecule has 1 saturated carbocycles. The molecule has 0 unspecified atom stereocenters. The molecule has 0 radical (unpaired) electrons. The van der Waals surface area contributed by atoms with Gasteiger partial charge < -0.3 is 11.1 Å². The number of aromatic nitrogens is 1. The van der Waals surface area contributed by atoms with Crippen molar-refractivity contribution < 1.29 is 4.79 Å². The molecule has 1 aliphatic rings. The number of rotatable bonds is 3. The molecule has 1 aromatic rings. The average Bonchev–Trinajstić information content (AvgIpc) is 2.40. The first kappa shape index (κ1) is 14.1. The molecule has 0 atom stereocenters. The number of hydrogen-bond acceptors (Lipinski definition) is 3. The topological polar surface area (TPSA) is 68.0 Å². The van der Waals surface area contributed by atoms with Crippen LogP contribution in [0.15, 0.2) is 12.3 Å². The molecule has 0 bridgehead atoms. The highest BCUT2D eigenvalue weighted by Gasteiger charge is 2.27. The van der Waals surface area contributed by atoms with Crippen LogP contribution in [0, 0.1) is 5.41 Å². The van der Waals surface area contributed by atoms with Crippen molar-refractivity contribution in [1.29, 1.82) is 0 Å². The Labute approximate surface area is 118 Å². The number of anilines is 1. The molecule has 3 N–H and O–H groups in total. The van der Waals surface area contributed by atoms with Gasteiger partial charge in [-0.15, -0.1) is 0 Å². The molecule has 1 fully saturated rings. The molecule has 2 rings (SSSR count). The number of hydrogen-bond donors (Lipinski definition) is 2. The third-order valence-electron chi connectivity index (χ3n) is 3.87. The van der Waals surface area contributed by atoms with E-state index >= 15 is 0 Å².